The smallest absolute Gasteiger partial charge is 0.178 e. The first-order valence-corrected chi connectivity index (χ1v) is 6.25. The van der Waals surface area contributed by atoms with Crippen molar-refractivity contribution < 1.29 is 8.42 Å². The van der Waals surface area contributed by atoms with Crippen LogP contribution in [-0.2, 0) is 22.3 Å². The van der Waals surface area contributed by atoms with E-state index < -0.39 is 9.84 Å². The van der Waals surface area contributed by atoms with Crippen molar-refractivity contribution in [3.8, 4) is 0 Å². The lowest BCUT2D eigenvalue weighted by atomic mass is 9.92. The highest BCUT2D eigenvalue weighted by Crippen LogP contribution is 2.26. The van der Waals surface area contributed by atoms with Gasteiger partial charge in [-0.1, -0.05) is 20.8 Å². The normalized spacial score (nSPS) is 13.2. The van der Waals surface area contributed by atoms with Crippen molar-refractivity contribution in [1.29, 1.82) is 0 Å². The summed E-state index contributed by atoms with van der Waals surface area (Å²) in [5.74, 6) is 0. The molecule has 1 heterocycles. The van der Waals surface area contributed by atoms with E-state index in [1.807, 2.05) is 20.8 Å². The van der Waals surface area contributed by atoms with E-state index >= 15 is 0 Å². The molecular formula is C9H16N2O2S. The summed E-state index contributed by atoms with van der Waals surface area (Å²) in [6, 6.07) is 0. The average Bonchev–Trinajstić information content (AvgIpc) is 2.27. The fraction of sp³-hybridized carbons (Fsp3) is 0.667. The van der Waals surface area contributed by atoms with Gasteiger partial charge in [0.2, 0.25) is 0 Å². The SMILES string of the molecule is Cn1cc(S(C)(=O)=O)c(C(C)(C)C)n1. The zero-order valence-electron chi connectivity index (χ0n) is 9.20. The Labute approximate surface area is 84.9 Å². The minimum Gasteiger partial charge on any atom is -0.274 e. The molecule has 80 valence electrons. The van der Waals surface area contributed by atoms with Crippen molar-refractivity contribution in [2.75, 3.05) is 6.26 Å². The molecule has 0 fully saturated rings. The highest BCUT2D eigenvalue weighted by atomic mass is 32.2. The predicted molar refractivity (Wildman–Crippen MR) is 55.0 cm³/mol. The molecule has 0 aliphatic rings. The minimum absolute atomic E-state index is 0.250. The summed E-state index contributed by atoms with van der Waals surface area (Å²) in [5, 5.41) is 4.19. The second-order valence-corrected chi connectivity index (χ2v) is 6.52. The van der Waals surface area contributed by atoms with Crippen LogP contribution in [0, 0.1) is 0 Å². The van der Waals surface area contributed by atoms with Crippen LogP contribution in [0.2, 0.25) is 0 Å². The molecule has 14 heavy (non-hydrogen) atoms. The van der Waals surface area contributed by atoms with Crippen molar-refractivity contribution in [3.05, 3.63) is 11.9 Å². The lowest BCUT2D eigenvalue weighted by Crippen LogP contribution is -2.16. The number of sulfone groups is 1. The van der Waals surface area contributed by atoms with Gasteiger partial charge < -0.3 is 0 Å². The number of aromatic nitrogens is 2. The van der Waals surface area contributed by atoms with Crippen LogP contribution in [-0.4, -0.2) is 24.5 Å². The summed E-state index contributed by atoms with van der Waals surface area (Å²) in [7, 11) is -1.45. The van der Waals surface area contributed by atoms with E-state index in [0.717, 1.165) is 0 Å². The molecule has 5 heteroatoms. The summed E-state index contributed by atoms with van der Waals surface area (Å²) in [5.41, 5.74) is 0.377. The van der Waals surface area contributed by atoms with Gasteiger partial charge in [-0.3, -0.25) is 4.68 Å². The van der Waals surface area contributed by atoms with Gasteiger partial charge in [-0.05, 0) is 0 Å². The molecule has 0 aliphatic heterocycles. The average molecular weight is 216 g/mol. The fourth-order valence-corrected chi connectivity index (χ4v) is 2.30. The molecule has 0 atom stereocenters. The first-order valence-electron chi connectivity index (χ1n) is 4.36. The van der Waals surface area contributed by atoms with Crippen LogP contribution in [0.1, 0.15) is 26.5 Å². The first-order chi connectivity index (χ1) is 6.12. The van der Waals surface area contributed by atoms with E-state index in [1.165, 1.54) is 10.9 Å². The Kier molecular flexibility index (Phi) is 2.48. The predicted octanol–water partition coefficient (Wildman–Crippen LogP) is 1.12. The maximum Gasteiger partial charge on any atom is 0.178 e. The van der Waals surface area contributed by atoms with E-state index in [0.29, 0.717) is 10.6 Å². The second-order valence-electron chi connectivity index (χ2n) is 4.54. The number of hydrogen-bond donors (Lipinski definition) is 0. The van der Waals surface area contributed by atoms with Gasteiger partial charge in [0.25, 0.3) is 0 Å². The fourth-order valence-electron chi connectivity index (χ4n) is 1.26. The van der Waals surface area contributed by atoms with Gasteiger partial charge in [0, 0.05) is 24.9 Å². The molecule has 0 N–H and O–H groups in total. The third-order valence-corrected chi connectivity index (χ3v) is 3.00. The molecule has 0 bridgehead atoms. The Morgan fingerprint density at radius 3 is 2.14 bits per heavy atom. The summed E-state index contributed by atoms with van der Waals surface area (Å²) in [4.78, 5) is 0.326. The Bertz CT molecular complexity index is 438. The molecule has 0 aromatic carbocycles. The van der Waals surface area contributed by atoms with Crippen molar-refractivity contribution in [2.24, 2.45) is 7.05 Å². The molecule has 1 rings (SSSR count). The lowest BCUT2D eigenvalue weighted by Gasteiger charge is -2.16. The van der Waals surface area contributed by atoms with Gasteiger partial charge in [0.1, 0.15) is 4.90 Å². The van der Waals surface area contributed by atoms with Gasteiger partial charge in [0.05, 0.1) is 5.69 Å². The summed E-state index contributed by atoms with van der Waals surface area (Å²) in [6.07, 6.45) is 2.76. The third kappa shape index (κ3) is 2.15. The minimum atomic E-state index is -3.18. The van der Waals surface area contributed by atoms with Crippen molar-refractivity contribution in [3.63, 3.8) is 0 Å². The van der Waals surface area contributed by atoms with Gasteiger partial charge in [-0.15, -0.1) is 0 Å². The van der Waals surface area contributed by atoms with Crippen LogP contribution in [0.4, 0.5) is 0 Å². The van der Waals surface area contributed by atoms with Gasteiger partial charge in [-0.2, -0.15) is 5.10 Å². The number of aryl methyl sites for hydroxylation is 1. The van der Waals surface area contributed by atoms with Crippen LogP contribution < -0.4 is 0 Å². The van der Waals surface area contributed by atoms with Gasteiger partial charge >= 0.3 is 0 Å². The van der Waals surface area contributed by atoms with Crippen LogP contribution in [0.15, 0.2) is 11.1 Å². The molecule has 1 aromatic rings. The topological polar surface area (TPSA) is 52.0 Å². The zero-order valence-corrected chi connectivity index (χ0v) is 10.0. The van der Waals surface area contributed by atoms with E-state index in [4.69, 9.17) is 0 Å². The monoisotopic (exact) mass is 216 g/mol. The Balaban J connectivity index is 3.46. The van der Waals surface area contributed by atoms with Crippen LogP contribution in [0.25, 0.3) is 0 Å². The van der Waals surface area contributed by atoms with Crippen LogP contribution >= 0.6 is 0 Å². The van der Waals surface area contributed by atoms with Gasteiger partial charge in [0.15, 0.2) is 9.84 Å². The molecule has 0 radical (unpaired) electrons. The molecule has 0 unspecified atom stereocenters. The van der Waals surface area contributed by atoms with Crippen molar-refractivity contribution >= 4 is 9.84 Å². The summed E-state index contributed by atoms with van der Waals surface area (Å²) >= 11 is 0. The summed E-state index contributed by atoms with van der Waals surface area (Å²) < 4.78 is 24.5. The highest BCUT2D eigenvalue weighted by molar-refractivity contribution is 7.90. The molecular weight excluding hydrogens is 200 g/mol. The molecule has 0 aliphatic carbocycles. The molecule has 0 saturated carbocycles. The number of nitrogens with zero attached hydrogens (tertiary/aromatic N) is 2. The van der Waals surface area contributed by atoms with Crippen LogP contribution in [0.3, 0.4) is 0 Å². The quantitative estimate of drug-likeness (QED) is 0.707. The van der Waals surface area contributed by atoms with Crippen molar-refractivity contribution in [1.82, 2.24) is 9.78 Å². The molecule has 0 amide bonds. The standard InChI is InChI=1S/C9H16N2O2S/c1-9(2,3)8-7(14(5,12)13)6-11(4)10-8/h6H,1-5H3. The maximum absolute atomic E-state index is 11.5. The van der Waals surface area contributed by atoms with E-state index in [9.17, 15) is 8.42 Å². The van der Waals surface area contributed by atoms with E-state index in [-0.39, 0.29) is 5.41 Å². The zero-order chi connectivity index (χ0) is 11.1. The second kappa shape index (κ2) is 3.08. The maximum atomic E-state index is 11.5. The van der Waals surface area contributed by atoms with Gasteiger partial charge in [-0.25, -0.2) is 8.42 Å². The Hall–Kier alpha value is -0.840. The highest BCUT2D eigenvalue weighted by Gasteiger charge is 2.26. The van der Waals surface area contributed by atoms with E-state index in [2.05, 4.69) is 5.10 Å². The summed E-state index contributed by atoms with van der Waals surface area (Å²) in [6.45, 7) is 5.85. The Morgan fingerprint density at radius 2 is 1.86 bits per heavy atom. The molecule has 4 nitrogen and oxygen atoms in total. The Morgan fingerprint density at radius 1 is 1.36 bits per heavy atom. The first kappa shape index (κ1) is 11.2. The number of hydrogen-bond acceptors (Lipinski definition) is 3. The lowest BCUT2D eigenvalue weighted by molar-refractivity contribution is 0.539. The number of rotatable bonds is 1. The molecule has 0 saturated heterocycles. The van der Waals surface area contributed by atoms with E-state index in [1.54, 1.807) is 13.2 Å². The molecule has 1 aromatic heterocycles. The van der Waals surface area contributed by atoms with Crippen LogP contribution in [0.5, 0.6) is 0 Å². The largest absolute Gasteiger partial charge is 0.274 e. The van der Waals surface area contributed by atoms with Crippen molar-refractivity contribution in [2.45, 2.75) is 31.1 Å². The molecule has 0 spiro atoms. The third-order valence-electron chi connectivity index (χ3n) is 1.91.